The van der Waals surface area contributed by atoms with E-state index in [1.165, 1.54) is 23.1 Å². The van der Waals surface area contributed by atoms with Crippen molar-refractivity contribution in [1.29, 1.82) is 0 Å². The maximum Gasteiger partial charge on any atom is 0.326 e. The van der Waals surface area contributed by atoms with E-state index in [0.29, 0.717) is 0 Å². The van der Waals surface area contributed by atoms with Crippen molar-refractivity contribution in [3.8, 4) is 0 Å². The fourth-order valence-corrected chi connectivity index (χ4v) is 8.65. The smallest absolute Gasteiger partial charge is 0.326 e. The lowest BCUT2D eigenvalue weighted by Crippen LogP contribution is -2.38. The average molecular weight is 694 g/mol. The van der Waals surface area contributed by atoms with Gasteiger partial charge in [0.05, 0.1) is 10.7 Å². The molecule has 5 rings (SSSR count). The van der Waals surface area contributed by atoms with Crippen LogP contribution in [-0.2, 0) is 31.4 Å². The number of aromatic nitrogens is 1. The Bertz CT molecular complexity index is 1710. The third-order valence-corrected chi connectivity index (χ3v) is 11.3. The number of nitrogens with zero attached hydrogens (tertiary/aromatic N) is 3. The van der Waals surface area contributed by atoms with E-state index in [0.717, 1.165) is 66.6 Å². The molecule has 1 aromatic heterocycles. The molecule has 0 fully saturated rings. The molecule has 2 aliphatic heterocycles. The predicted octanol–water partition coefficient (Wildman–Crippen LogP) is 4.97. The second-order valence-electron chi connectivity index (χ2n) is 9.83. The van der Waals surface area contributed by atoms with Crippen molar-refractivity contribution in [1.82, 2.24) is 4.90 Å². The number of hydrogen-bond acceptors (Lipinski definition) is 10. The van der Waals surface area contributed by atoms with Crippen LogP contribution in [0.2, 0.25) is 0 Å². The van der Waals surface area contributed by atoms with Crippen LogP contribution < -0.4 is 14.7 Å². The first-order valence-electron chi connectivity index (χ1n) is 13.8. The average Bonchev–Trinajstić information content (AvgIpc) is 3.55. The molecule has 44 heavy (non-hydrogen) atoms. The second kappa shape index (κ2) is 16.3. The van der Waals surface area contributed by atoms with E-state index in [1.54, 1.807) is 16.3 Å². The Morgan fingerprint density at radius 3 is 2.52 bits per heavy atom. The van der Waals surface area contributed by atoms with E-state index >= 15 is 0 Å². The van der Waals surface area contributed by atoms with Gasteiger partial charge in [-0.05, 0) is 55.6 Å². The van der Waals surface area contributed by atoms with Crippen molar-refractivity contribution >= 4 is 78.0 Å². The zero-order valence-corrected chi connectivity index (χ0v) is 28.7. The van der Waals surface area contributed by atoms with Crippen LogP contribution in [0, 0.1) is 0 Å². The largest absolute Gasteiger partial charge is 0.709 e. The van der Waals surface area contributed by atoms with Gasteiger partial charge in [-0.3, -0.25) is 4.55 Å². The second-order valence-corrected chi connectivity index (χ2v) is 15.4. The van der Waals surface area contributed by atoms with Gasteiger partial charge in [-0.1, -0.05) is 79.4 Å². The lowest BCUT2D eigenvalue weighted by Gasteiger charge is -2.20. The topological polar surface area (TPSA) is 114 Å². The third kappa shape index (κ3) is 9.61. The van der Waals surface area contributed by atoms with E-state index in [1.807, 2.05) is 77.7 Å². The number of thioether (sulfide) groups is 2. The summed E-state index contributed by atoms with van der Waals surface area (Å²) in [6.07, 6.45) is 9.92. The van der Waals surface area contributed by atoms with Crippen LogP contribution in [0.1, 0.15) is 18.9 Å². The fourth-order valence-electron chi connectivity index (χ4n) is 4.29. The molecule has 3 aromatic rings. The lowest BCUT2D eigenvalue weighted by molar-refractivity contribution is -0.649. The molecule has 2 aliphatic rings. The van der Waals surface area contributed by atoms with E-state index < -0.39 is 27.1 Å². The number of para-hydroxylation sites is 2. The Kier molecular flexibility index (Phi) is 12.8. The first-order chi connectivity index (χ1) is 21.1. The Morgan fingerprint density at radius 1 is 1.09 bits per heavy atom. The molecule has 0 spiro atoms. The monoisotopic (exact) mass is 693 g/mol. The van der Waals surface area contributed by atoms with Gasteiger partial charge in [0.15, 0.2) is 11.1 Å². The number of hydrogen-bond donors (Lipinski definition) is 1. The summed E-state index contributed by atoms with van der Waals surface area (Å²) >= 11 is 2.78. The Hall–Kier alpha value is -2.27. The molecule has 0 bridgehead atoms. The van der Waals surface area contributed by atoms with Crippen LogP contribution in [0.25, 0.3) is 16.3 Å². The molecule has 0 radical (unpaired) electrons. The van der Waals surface area contributed by atoms with E-state index in [2.05, 4.69) is 36.2 Å². The van der Waals surface area contributed by atoms with Crippen molar-refractivity contribution in [3.63, 3.8) is 0 Å². The van der Waals surface area contributed by atoms with Gasteiger partial charge >= 0.3 is 10.1 Å². The molecule has 2 aromatic carbocycles. The predicted molar refractivity (Wildman–Crippen MR) is 182 cm³/mol. The quantitative estimate of drug-likeness (QED) is 0.135. The molecule has 3 heterocycles. The number of anilines is 1. The molecule has 236 valence electrons. The van der Waals surface area contributed by atoms with Gasteiger partial charge in [-0.15, -0.1) is 0 Å². The third-order valence-electron chi connectivity index (χ3n) is 6.74. The Morgan fingerprint density at radius 2 is 1.82 bits per heavy atom. The number of allylic oxidation sites excluding steroid dienone is 4. The molecule has 14 heteroatoms. The van der Waals surface area contributed by atoms with Gasteiger partial charge in [0.2, 0.25) is 5.52 Å². The zero-order valence-electron chi connectivity index (χ0n) is 24.6. The van der Waals surface area contributed by atoms with Crippen molar-refractivity contribution in [2.45, 2.75) is 24.6 Å². The van der Waals surface area contributed by atoms with Gasteiger partial charge in [-0.2, -0.15) is 24.7 Å². The molecule has 0 amide bonds. The minimum atomic E-state index is -4.21. The highest BCUT2D eigenvalue weighted by molar-refractivity contribution is 8.03. The van der Waals surface area contributed by atoms with Gasteiger partial charge < -0.3 is 19.4 Å². The van der Waals surface area contributed by atoms with E-state index in [4.69, 9.17) is 0 Å². The molecule has 1 unspecified atom stereocenters. The summed E-state index contributed by atoms with van der Waals surface area (Å²) in [6.45, 7) is 6.64. The molecule has 0 aliphatic carbocycles. The summed E-state index contributed by atoms with van der Waals surface area (Å²) in [5.74, 6) is 1.06. The number of fused-ring (bicyclic) bond motifs is 2. The highest BCUT2D eigenvalue weighted by Crippen LogP contribution is 2.45. The minimum absolute atomic E-state index is 0.0557. The highest BCUT2D eigenvalue weighted by atomic mass is 32.2. The standard InChI is InChI=1S/C25H22N2O6S5.C5H13N/c28-33-37(29)16-26-20-5-1-3-7-22(20)35-24(26)11-9-18-13-19(15-34-14-18)10-12-25-27(17-38(30,31)32)21-6-2-4-8-23(21)36-25;1-4-6(3)5-2/h1-13H,14-17H2,(H-,28,30,31,32);4-5H2,1-3H3. The first-order valence-corrected chi connectivity index (χ1v) is 19.4. The van der Waals surface area contributed by atoms with Gasteiger partial charge in [0.25, 0.3) is 10.9 Å². The van der Waals surface area contributed by atoms with Crippen molar-refractivity contribution in [2.24, 2.45) is 0 Å². The maximum absolute atomic E-state index is 11.8. The number of thiazole rings is 1. The molecule has 1 N–H and O–H groups in total. The van der Waals surface area contributed by atoms with Crippen molar-refractivity contribution < 1.29 is 31.3 Å². The van der Waals surface area contributed by atoms with Crippen LogP contribution in [0.5, 0.6) is 0 Å². The SMILES string of the molecule is CCN(C)CC.O=S(CN1C(=CC=C2C=C(C=Cc3sc4ccccc4[n+]3CS(=O)(=O)O)CSC2)Sc2ccccc21)O[O-]. The molecule has 0 saturated heterocycles. The Labute approximate surface area is 273 Å². The Balaban J connectivity index is 0.000000670. The fraction of sp³-hybridized carbons (Fsp3) is 0.300. The van der Waals surface area contributed by atoms with E-state index in [9.17, 15) is 22.4 Å². The van der Waals surface area contributed by atoms with Crippen LogP contribution in [0.3, 0.4) is 0 Å². The normalized spacial score (nSPS) is 17.8. The summed E-state index contributed by atoms with van der Waals surface area (Å²) in [5.41, 5.74) is 3.79. The summed E-state index contributed by atoms with van der Waals surface area (Å²) < 4.78 is 50.9. The van der Waals surface area contributed by atoms with Crippen molar-refractivity contribution in [2.75, 3.05) is 42.4 Å². The maximum atomic E-state index is 11.8. The van der Waals surface area contributed by atoms with E-state index in [-0.39, 0.29) is 5.88 Å². The highest BCUT2D eigenvalue weighted by Gasteiger charge is 2.26. The minimum Gasteiger partial charge on any atom is -0.709 e. The van der Waals surface area contributed by atoms with Crippen LogP contribution in [0.15, 0.2) is 93.9 Å². The number of rotatable bonds is 10. The summed E-state index contributed by atoms with van der Waals surface area (Å²) in [5, 5.41) is 12.2. The summed E-state index contributed by atoms with van der Waals surface area (Å²) in [4.78, 5) is 5.08. The summed E-state index contributed by atoms with van der Waals surface area (Å²) in [6, 6.07) is 15.2. The lowest BCUT2D eigenvalue weighted by atomic mass is 10.1. The molecule has 0 saturated carbocycles. The van der Waals surface area contributed by atoms with Gasteiger partial charge in [-0.25, -0.2) is 4.21 Å². The van der Waals surface area contributed by atoms with Crippen LogP contribution in [-0.4, -0.2) is 59.6 Å². The van der Waals surface area contributed by atoms with Crippen LogP contribution in [0.4, 0.5) is 5.69 Å². The van der Waals surface area contributed by atoms with Gasteiger partial charge in [0.1, 0.15) is 10.6 Å². The molecular weight excluding hydrogens is 659 g/mol. The van der Waals surface area contributed by atoms with Crippen molar-refractivity contribution in [3.05, 3.63) is 94.0 Å². The molecular formula is C30H35N3O6S5. The molecule has 9 nitrogen and oxygen atoms in total. The van der Waals surface area contributed by atoms with Gasteiger partial charge in [0, 0.05) is 28.5 Å². The molecule has 1 atom stereocenters. The van der Waals surface area contributed by atoms with Crippen LogP contribution >= 0.6 is 34.9 Å². The zero-order chi connectivity index (χ0) is 31.7. The first kappa shape index (κ1) is 34.6. The summed E-state index contributed by atoms with van der Waals surface area (Å²) in [7, 11) is -2.10. The number of benzene rings is 2.